The lowest BCUT2D eigenvalue weighted by atomic mass is 9.89. The van der Waals surface area contributed by atoms with Crippen molar-refractivity contribution in [3.63, 3.8) is 0 Å². The average Bonchev–Trinajstić information content (AvgIpc) is 4.02. The van der Waals surface area contributed by atoms with Crippen LogP contribution in [0.15, 0.2) is 121 Å². The topological polar surface area (TPSA) is 110 Å². The fourth-order valence-electron chi connectivity index (χ4n) is 9.00. The minimum absolute atomic E-state index is 0.0214. The van der Waals surface area contributed by atoms with E-state index in [2.05, 4.69) is 35.2 Å². The number of benzene rings is 4. The molecular weight excluding hydrogens is 785 g/mol. The molecule has 0 aromatic heterocycles. The quantitative estimate of drug-likeness (QED) is 0.135. The summed E-state index contributed by atoms with van der Waals surface area (Å²) in [4.78, 5) is 46.3. The number of anilines is 2. The second-order valence-electron chi connectivity index (χ2n) is 16.3. The molecule has 4 fully saturated rings. The molecule has 2 atom stereocenters. The lowest BCUT2D eigenvalue weighted by Gasteiger charge is -2.45. The Morgan fingerprint density at radius 1 is 0.597 bits per heavy atom. The van der Waals surface area contributed by atoms with Crippen LogP contribution >= 0.6 is 0 Å². The van der Waals surface area contributed by atoms with E-state index < -0.39 is 11.6 Å². The van der Waals surface area contributed by atoms with E-state index in [0.29, 0.717) is 71.9 Å². The number of rotatable bonds is 13. The number of nitrogens with zero attached hydrogens (tertiary/aromatic N) is 4. The van der Waals surface area contributed by atoms with E-state index in [1.807, 2.05) is 110 Å². The lowest BCUT2D eigenvalue weighted by molar-refractivity contribution is -0.218. The van der Waals surface area contributed by atoms with Gasteiger partial charge in [0.25, 0.3) is 0 Å². The number of likely N-dealkylation sites (tertiary alicyclic amines) is 2. The second kappa shape index (κ2) is 21.8. The van der Waals surface area contributed by atoms with Crippen molar-refractivity contribution in [3.05, 3.63) is 132 Å². The van der Waals surface area contributed by atoms with E-state index >= 15 is 0 Å². The van der Waals surface area contributed by atoms with Crippen LogP contribution in [0.25, 0.3) is 0 Å². The maximum atomic E-state index is 12.8. The van der Waals surface area contributed by atoms with Crippen LogP contribution in [-0.4, -0.2) is 112 Å². The molecule has 8 rings (SSSR count). The summed E-state index contributed by atoms with van der Waals surface area (Å²) in [5.41, 5.74) is 4.07. The van der Waals surface area contributed by atoms with Gasteiger partial charge in [0.05, 0.1) is 26.4 Å². The lowest BCUT2D eigenvalue weighted by Crippen LogP contribution is -2.58. The standard InChI is InChI=1S/C25H30N2O5.C25H32N2O3/c1-2-23(28)27(22-11-7-4-8-12-22)18-21-17-26(14-13-25(21)31-15-16-32-25)24(29)30-19-20-9-5-3-6-10-20;1-2-24(28)27(23-11-7-4-8-12-23)20-22-19-26(15-13-21-9-5-3-6-10-21)16-14-25(22)29-17-18-30-25/h3-12,21H,2,13-19H2,1H3;3-12,22H,2,13-20H2,1H3. The molecule has 3 amide bonds. The molecule has 330 valence electrons. The number of piperidine rings is 2. The Morgan fingerprint density at radius 3 is 1.52 bits per heavy atom. The third-order valence-corrected chi connectivity index (χ3v) is 12.4. The van der Waals surface area contributed by atoms with Crippen molar-refractivity contribution in [1.82, 2.24) is 9.80 Å². The number of carbonyl (C=O) groups excluding carboxylic acids is 3. The zero-order chi connectivity index (χ0) is 43.2. The van der Waals surface area contributed by atoms with Crippen LogP contribution in [0, 0.1) is 11.8 Å². The van der Waals surface area contributed by atoms with Crippen molar-refractivity contribution >= 4 is 29.3 Å². The number of para-hydroxylation sites is 2. The smallest absolute Gasteiger partial charge is 0.410 e. The van der Waals surface area contributed by atoms with Gasteiger partial charge in [-0.25, -0.2) is 4.79 Å². The van der Waals surface area contributed by atoms with Gasteiger partial charge >= 0.3 is 6.09 Å². The Kier molecular flexibility index (Phi) is 15.8. The first-order valence-electron chi connectivity index (χ1n) is 22.3. The highest BCUT2D eigenvalue weighted by Gasteiger charge is 2.51. The van der Waals surface area contributed by atoms with Gasteiger partial charge in [-0.15, -0.1) is 0 Å². The normalized spacial score (nSPS) is 20.3. The first kappa shape index (κ1) is 44.9. The second-order valence-corrected chi connectivity index (χ2v) is 16.3. The van der Waals surface area contributed by atoms with Crippen molar-refractivity contribution in [3.8, 4) is 0 Å². The largest absolute Gasteiger partial charge is 0.445 e. The molecule has 4 aliphatic heterocycles. The molecule has 0 aliphatic carbocycles. The third-order valence-electron chi connectivity index (χ3n) is 12.4. The van der Waals surface area contributed by atoms with E-state index in [-0.39, 0.29) is 36.4 Å². The van der Waals surface area contributed by atoms with Crippen molar-refractivity contribution in [2.45, 2.75) is 64.1 Å². The van der Waals surface area contributed by atoms with Crippen LogP contribution in [0.5, 0.6) is 0 Å². The van der Waals surface area contributed by atoms with Gasteiger partial charge in [-0.3, -0.25) is 9.59 Å². The summed E-state index contributed by atoms with van der Waals surface area (Å²) in [6.45, 7) is 11.0. The Hall–Kier alpha value is -5.11. The first-order chi connectivity index (χ1) is 30.3. The SMILES string of the molecule is CCC(=O)N(CC1CN(C(=O)OCc2ccccc2)CCC12OCCO2)c1ccccc1.CCC(=O)N(CC1CN(CCc2ccccc2)CCC12OCCO2)c1ccccc1. The van der Waals surface area contributed by atoms with Gasteiger partial charge in [0.1, 0.15) is 6.61 Å². The van der Waals surface area contributed by atoms with E-state index in [0.717, 1.165) is 49.4 Å². The van der Waals surface area contributed by atoms with Crippen LogP contribution in [0.4, 0.5) is 16.2 Å². The molecule has 0 N–H and O–H groups in total. The van der Waals surface area contributed by atoms with Crippen molar-refractivity contribution in [2.75, 3.05) is 82.0 Å². The van der Waals surface area contributed by atoms with Crippen molar-refractivity contribution < 1.29 is 38.1 Å². The Labute approximate surface area is 366 Å². The Balaban J connectivity index is 0.000000187. The first-order valence-corrected chi connectivity index (χ1v) is 22.3. The molecule has 0 bridgehead atoms. The number of ether oxygens (including phenoxy) is 5. The summed E-state index contributed by atoms with van der Waals surface area (Å²) in [6, 6.07) is 39.8. The molecule has 12 heteroatoms. The summed E-state index contributed by atoms with van der Waals surface area (Å²) in [6.07, 6.45) is 2.92. The molecule has 4 aromatic carbocycles. The number of carbonyl (C=O) groups is 3. The Morgan fingerprint density at radius 2 is 1.03 bits per heavy atom. The third kappa shape index (κ3) is 11.3. The van der Waals surface area contributed by atoms with Crippen LogP contribution in [0.3, 0.4) is 0 Å². The van der Waals surface area contributed by atoms with E-state index in [9.17, 15) is 14.4 Å². The van der Waals surface area contributed by atoms with Crippen LogP contribution in [0.2, 0.25) is 0 Å². The number of amides is 3. The summed E-state index contributed by atoms with van der Waals surface area (Å²) >= 11 is 0. The highest BCUT2D eigenvalue weighted by molar-refractivity contribution is 5.93. The van der Waals surface area contributed by atoms with Gasteiger partial charge in [0.2, 0.25) is 11.8 Å². The van der Waals surface area contributed by atoms with Crippen molar-refractivity contribution in [2.24, 2.45) is 11.8 Å². The fourth-order valence-corrected chi connectivity index (χ4v) is 9.00. The van der Waals surface area contributed by atoms with Gasteiger partial charge in [-0.2, -0.15) is 0 Å². The zero-order valence-electron chi connectivity index (χ0n) is 36.3. The minimum Gasteiger partial charge on any atom is -0.445 e. The minimum atomic E-state index is -0.780. The molecule has 4 aromatic rings. The molecule has 2 unspecified atom stereocenters. The molecule has 12 nitrogen and oxygen atoms in total. The molecule has 4 saturated heterocycles. The van der Waals surface area contributed by atoms with Crippen LogP contribution in [0.1, 0.15) is 50.7 Å². The summed E-state index contributed by atoms with van der Waals surface area (Å²) in [5.74, 6) is -1.27. The monoisotopic (exact) mass is 846 g/mol. The maximum Gasteiger partial charge on any atom is 0.410 e. The number of hydrogen-bond acceptors (Lipinski definition) is 9. The van der Waals surface area contributed by atoms with E-state index in [1.54, 1.807) is 9.80 Å². The molecule has 2 spiro atoms. The fraction of sp³-hybridized carbons (Fsp3) is 0.460. The molecule has 0 saturated carbocycles. The van der Waals surface area contributed by atoms with Gasteiger partial charge in [0.15, 0.2) is 11.6 Å². The van der Waals surface area contributed by atoms with Gasteiger partial charge in [-0.05, 0) is 41.8 Å². The average molecular weight is 847 g/mol. The van der Waals surface area contributed by atoms with Crippen LogP contribution < -0.4 is 9.80 Å². The van der Waals surface area contributed by atoms with E-state index in [1.165, 1.54) is 5.56 Å². The molecule has 4 aliphatic rings. The van der Waals surface area contributed by atoms with E-state index in [4.69, 9.17) is 23.7 Å². The molecule has 4 heterocycles. The van der Waals surface area contributed by atoms with Crippen LogP contribution in [-0.2, 0) is 46.3 Å². The van der Waals surface area contributed by atoms with Gasteiger partial charge in [0, 0.05) is 94.7 Å². The predicted molar refractivity (Wildman–Crippen MR) is 238 cm³/mol. The van der Waals surface area contributed by atoms with Gasteiger partial charge < -0.3 is 43.3 Å². The molecular formula is C50H62N4O8. The summed E-state index contributed by atoms with van der Waals surface area (Å²) in [7, 11) is 0. The Bertz CT molecular complexity index is 1990. The van der Waals surface area contributed by atoms with Crippen molar-refractivity contribution in [1.29, 1.82) is 0 Å². The molecule has 62 heavy (non-hydrogen) atoms. The summed E-state index contributed by atoms with van der Waals surface area (Å²) < 4.78 is 30.0. The zero-order valence-corrected chi connectivity index (χ0v) is 36.3. The summed E-state index contributed by atoms with van der Waals surface area (Å²) in [5, 5.41) is 0. The highest BCUT2D eigenvalue weighted by Crippen LogP contribution is 2.39. The highest BCUT2D eigenvalue weighted by atomic mass is 16.7. The number of hydrogen-bond donors (Lipinski definition) is 0. The van der Waals surface area contributed by atoms with Gasteiger partial charge in [-0.1, -0.05) is 111 Å². The predicted octanol–water partition coefficient (Wildman–Crippen LogP) is 7.57. The maximum absolute atomic E-state index is 12.8. The molecule has 0 radical (unpaired) electrons.